The fourth-order valence-corrected chi connectivity index (χ4v) is 3.05. The minimum atomic E-state index is -0.932. The molecule has 0 fully saturated rings. The summed E-state index contributed by atoms with van der Waals surface area (Å²) in [6.07, 6.45) is 1.67. The van der Waals surface area contributed by atoms with Crippen molar-refractivity contribution in [1.29, 1.82) is 0 Å². The Labute approximate surface area is 154 Å². The van der Waals surface area contributed by atoms with Crippen molar-refractivity contribution in [3.05, 3.63) is 64.1 Å². The third-order valence-electron chi connectivity index (χ3n) is 4.33. The van der Waals surface area contributed by atoms with Crippen molar-refractivity contribution in [2.45, 2.75) is 20.0 Å². The van der Waals surface area contributed by atoms with Gasteiger partial charge in [-0.1, -0.05) is 35.0 Å². The third-order valence-corrected chi connectivity index (χ3v) is 4.55. The van der Waals surface area contributed by atoms with E-state index in [-0.39, 0.29) is 12.2 Å². The molecular formula is C17H14BClN4O3. The van der Waals surface area contributed by atoms with Gasteiger partial charge in [0.25, 0.3) is 0 Å². The van der Waals surface area contributed by atoms with Crippen LogP contribution in [0.1, 0.15) is 27.3 Å². The lowest BCUT2D eigenvalue weighted by atomic mass is 9.78. The molecule has 0 amide bonds. The fourth-order valence-electron chi connectivity index (χ4n) is 2.94. The second kappa shape index (κ2) is 6.64. The summed E-state index contributed by atoms with van der Waals surface area (Å²) in [6, 6.07) is 8.93. The number of rotatable bonds is 4. The van der Waals surface area contributed by atoms with Crippen LogP contribution in [0.2, 0.25) is 5.02 Å². The molecule has 0 spiro atoms. The molecule has 3 aromatic rings. The van der Waals surface area contributed by atoms with Gasteiger partial charge in [0.15, 0.2) is 17.3 Å². The highest BCUT2D eigenvalue weighted by atomic mass is 35.5. The Morgan fingerprint density at radius 3 is 3.00 bits per heavy atom. The molecule has 26 heavy (non-hydrogen) atoms. The molecule has 130 valence electrons. The molecule has 1 aromatic carbocycles. The summed E-state index contributed by atoms with van der Waals surface area (Å²) in [4.78, 5) is 16.9. The first kappa shape index (κ1) is 16.9. The summed E-state index contributed by atoms with van der Waals surface area (Å²) in [6.45, 7) is 2.15. The van der Waals surface area contributed by atoms with Crippen LogP contribution in [0.15, 0.2) is 36.5 Å². The number of Topliss-reactive ketones (excluding diaryl/α,β-unsaturated/α-hetero) is 1. The van der Waals surface area contributed by atoms with Crippen molar-refractivity contribution < 1.29 is 14.5 Å². The van der Waals surface area contributed by atoms with Crippen LogP contribution in [0, 0.1) is 6.92 Å². The number of fused-ring (bicyclic) bond motifs is 1. The molecule has 3 heterocycles. The van der Waals surface area contributed by atoms with Crippen LogP contribution in [-0.4, -0.2) is 37.9 Å². The van der Waals surface area contributed by atoms with E-state index in [2.05, 4.69) is 15.3 Å². The predicted octanol–water partition coefficient (Wildman–Crippen LogP) is 1.27. The van der Waals surface area contributed by atoms with Crippen LogP contribution in [-0.2, 0) is 17.7 Å². The van der Waals surface area contributed by atoms with Gasteiger partial charge in [0.2, 0.25) is 0 Å². The van der Waals surface area contributed by atoms with E-state index in [0.29, 0.717) is 34.3 Å². The molecule has 0 bridgehead atoms. The van der Waals surface area contributed by atoms with Gasteiger partial charge in [-0.2, -0.15) is 4.68 Å². The number of pyridine rings is 1. The van der Waals surface area contributed by atoms with Gasteiger partial charge in [0.1, 0.15) is 0 Å². The van der Waals surface area contributed by atoms with Crippen molar-refractivity contribution >= 4 is 30.0 Å². The van der Waals surface area contributed by atoms with E-state index in [9.17, 15) is 9.82 Å². The first-order valence-electron chi connectivity index (χ1n) is 8.02. The molecular weight excluding hydrogens is 354 g/mol. The van der Waals surface area contributed by atoms with Gasteiger partial charge in [-0.05, 0) is 35.6 Å². The number of aromatic nitrogens is 4. The van der Waals surface area contributed by atoms with E-state index in [1.54, 1.807) is 25.1 Å². The van der Waals surface area contributed by atoms with Crippen molar-refractivity contribution in [2.24, 2.45) is 0 Å². The molecule has 1 aliphatic rings. The molecule has 7 nitrogen and oxygen atoms in total. The smallest absolute Gasteiger partial charge is 0.423 e. The molecule has 0 saturated carbocycles. The molecule has 1 N–H and O–H groups in total. The van der Waals surface area contributed by atoms with Crippen LogP contribution in [0.4, 0.5) is 0 Å². The molecule has 4 rings (SSSR count). The van der Waals surface area contributed by atoms with Crippen LogP contribution in [0.3, 0.4) is 0 Å². The van der Waals surface area contributed by atoms with Crippen LogP contribution < -0.4 is 5.46 Å². The van der Waals surface area contributed by atoms with Crippen LogP contribution in [0.25, 0.3) is 5.82 Å². The van der Waals surface area contributed by atoms with Crippen LogP contribution >= 0.6 is 11.6 Å². The lowest BCUT2D eigenvalue weighted by Gasteiger charge is -2.05. The molecule has 0 aliphatic carbocycles. The Morgan fingerprint density at radius 1 is 1.38 bits per heavy atom. The van der Waals surface area contributed by atoms with E-state index in [1.165, 1.54) is 10.9 Å². The Bertz CT molecular complexity index is 990. The summed E-state index contributed by atoms with van der Waals surface area (Å²) in [5.74, 6) is 0.382. The average molecular weight is 369 g/mol. The van der Waals surface area contributed by atoms with Crippen molar-refractivity contribution in [1.82, 2.24) is 20.0 Å². The normalized spacial score (nSPS) is 13.1. The standard InChI is InChI=1S/C17H14BClN4O3/c1-10-17(21-22-23(10)16-5-4-13(19)8-20-16)15(24)7-11-2-3-12-9-26-18(25)14(12)6-11/h2-6,8,25H,7,9H2,1H3. The summed E-state index contributed by atoms with van der Waals surface area (Å²) in [7, 11) is -0.932. The lowest BCUT2D eigenvalue weighted by molar-refractivity contribution is 0.0987. The maximum absolute atomic E-state index is 12.7. The monoisotopic (exact) mass is 368 g/mol. The van der Waals surface area contributed by atoms with E-state index in [4.69, 9.17) is 16.3 Å². The Balaban J connectivity index is 1.58. The van der Waals surface area contributed by atoms with Gasteiger partial charge in [-0.15, -0.1) is 5.10 Å². The van der Waals surface area contributed by atoms with Gasteiger partial charge in [-0.3, -0.25) is 4.79 Å². The van der Waals surface area contributed by atoms with Crippen molar-refractivity contribution in [3.8, 4) is 5.82 Å². The zero-order valence-corrected chi connectivity index (χ0v) is 14.6. The number of carbonyl (C=O) groups excluding carboxylic acids is 1. The van der Waals surface area contributed by atoms with E-state index < -0.39 is 7.12 Å². The number of halogens is 1. The SMILES string of the molecule is Cc1c(C(=O)Cc2ccc3c(c2)B(O)OC3)nnn1-c1ccc(Cl)cn1. The van der Waals surface area contributed by atoms with E-state index in [0.717, 1.165) is 11.1 Å². The van der Waals surface area contributed by atoms with Gasteiger partial charge < -0.3 is 9.68 Å². The topological polar surface area (TPSA) is 90.1 Å². The molecule has 9 heteroatoms. The van der Waals surface area contributed by atoms with E-state index >= 15 is 0 Å². The Morgan fingerprint density at radius 2 is 2.23 bits per heavy atom. The Hall–Kier alpha value is -2.55. The molecule has 0 radical (unpaired) electrons. The van der Waals surface area contributed by atoms with E-state index in [1.807, 2.05) is 12.1 Å². The molecule has 0 saturated heterocycles. The zero-order valence-electron chi connectivity index (χ0n) is 13.9. The van der Waals surface area contributed by atoms with Gasteiger partial charge >= 0.3 is 7.12 Å². The first-order chi connectivity index (χ1) is 12.5. The van der Waals surface area contributed by atoms with Crippen molar-refractivity contribution in [3.63, 3.8) is 0 Å². The Kier molecular flexibility index (Phi) is 4.32. The second-order valence-electron chi connectivity index (χ2n) is 6.07. The van der Waals surface area contributed by atoms with Crippen LogP contribution in [0.5, 0.6) is 0 Å². The molecule has 0 unspecified atom stereocenters. The maximum Gasteiger partial charge on any atom is 0.491 e. The number of carbonyl (C=O) groups is 1. The minimum Gasteiger partial charge on any atom is -0.423 e. The highest BCUT2D eigenvalue weighted by Crippen LogP contribution is 2.16. The van der Waals surface area contributed by atoms with Crippen molar-refractivity contribution in [2.75, 3.05) is 0 Å². The number of nitrogens with zero attached hydrogens (tertiary/aromatic N) is 4. The number of hydrogen-bond acceptors (Lipinski definition) is 6. The van der Waals surface area contributed by atoms with Gasteiger partial charge in [-0.25, -0.2) is 4.98 Å². The largest absolute Gasteiger partial charge is 0.491 e. The second-order valence-corrected chi connectivity index (χ2v) is 6.50. The third kappa shape index (κ3) is 3.03. The quantitative estimate of drug-likeness (QED) is 0.551. The highest BCUT2D eigenvalue weighted by Gasteiger charge is 2.27. The summed E-state index contributed by atoms with van der Waals surface area (Å²) >= 11 is 5.85. The summed E-state index contributed by atoms with van der Waals surface area (Å²) in [5.41, 5.74) is 3.33. The number of benzene rings is 1. The molecule has 2 aromatic heterocycles. The lowest BCUT2D eigenvalue weighted by Crippen LogP contribution is -2.28. The number of ketones is 1. The first-order valence-corrected chi connectivity index (χ1v) is 8.39. The average Bonchev–Trinajstić information content (AvgIpc) is 3.19. The number of hydrogen-bond donors (Lipinski definition) is 1. The summed E-state index contributed by atoms with van der Waals surface area (Å²) < 4.78 is 6.68. The predicted molar refractivity (Wildman–Crippen MR) is 95.8 cm³/mol. The molecule has 1 aliphatic heterocycles. The van der Waals surface area contributed by atoms with Gasteiger partial charge in [0, 0.05) is 12.6 Å². The maximum atomic E-state index is 12.7. The summed E-state index contributed by atoms with van der Waals surface area (Å²) in [5, 5.41) is 18.4. The molecule has 0 atom stereocenters. The van der Waals surface area contributed by atoms with Gasteiger partial charge in [0.05, 0.1) is 17.3 Å². The highest BCUT2D eigenvalue weighted by molar-refractivity contribution is 6.61. The fraction of sp³-hybridized carbons (Fsp3) is 0.176. The zero-order chi connectivity index (χ0) is 18.3. The minimum absolute atomic E-state index is 0.156.